The Morgan fingerprint density at radius 1 is 0.789 bits per heavy atom. The number of methoxy groups -OCH3 is 4. The SMILES string of the molecule is COc1ccc2ccc(CCNC(=O)CN3CCN(Cc4ccc(OC)c(OC)c4OC)CC3)cc2c1.Cl. The van der Waals surface area contributed by atoms with E-state index in [1.807, 2.05) is 24.3 Å². The van der Waals surface area contributed by atoms with Crippen molar-refractivity contribution < 1.29 is 23.7 Å². The van der Waals surface area contributed by atoms with Crippen molar-refractivity contribution in [3.63, 3.8) is 0 Å². The molecule has 0 aromatic heterocycles. The second-order valence-corrected chi connectivity index (χ2v) is 9.19. The lowest BCUT2D eigenvalue weighted by Crippen LogP contribution is -2.49. The highest BCUT2D eigenvalue weighted by Gasteiger charge is 2.22. The Bertz CT molecular complexity index is 1210. The Morgan fingerprint density at radius 3 is 2.18 bits per heavy atom. The van der Waals surface area contributed by atoms with Gasteiger partial charge in [0.15, 0.2) is 11.5 Å². The molecule has 4 rings (SSSR count). The first kappa shape index (κ1) is 29.4. The maximum absolute atomic E-state index is 12.6. The largest absolute Gasteiger partial charge is 0.497 e. The molecule has 1 saturated heterocycles. The minimum atomic E-state index is 0. The number of carbonyl (C=O) groups is 1. The standard InChI is InChI=1S/C29H37N3O5.ClH/c1-34-25-9-7-22-6-5-21(17-24(22)18-25)11-12-30-27(33)20-32-15-13-31(14-16-32)19-23-8-10-26(35-2)29(37-4)28(23)36-3;/h5-10,17-18H,11-16,19-20H2,1-4H3,(H,30,33);1H. The fraction of sp³-hybridized carbons (Fsp3) is 0.414. The molecule has 0 atom stereocenters. The van der Waals surface area contributed by atoms with Gasteiger partial charge in [-0.2, -0.15) is 0 Å². The number of piperazine rings is 1. The highest BCUT2D eigenvalue weighted by molar-refractivity contribution is 5.85. The smallest absolute Gasteiger partial charge is 0.234 e. The van der Waals surface area contributed by atoms with Crippen molar-refractivity contribution in [3.05, 3.63) is 59.7 Å². The number of hydrogen-bond donors (Lipinski definition) is 1. The third kappa shape index (κ3) is 7.22. The molecule has 1 aliphatic rings. The predicted octanol–water partition coefficient (Wildman–Crippen LogP) is 3.77. The average Bonchev–Trinajstić information content (AvgIpc) is 2.93. The average molecular weight is 544 g/mol. The molecule has 0 unspecified atom stereocenters. The zero-order valence-corrected chi connectivity index (χ0v) is 23.4. The molecule has 0 radical (unpaired) electrons. The number of benzene rings is 3. The summed E-state index contributed by atoms with van der Waals surface area (Å²) in [6, 6.07) is 16.4. The van der Waals surface area contributed by atoms with E-state index in [0.29, 0.717) is 30.3 Å². The Labute approximate surface area is 231 Å². The first-order chi connectivity index (χ1) is 18.0. The normalized spacial score (nSPS) is 14.0. The Hall–Kier alpha value is -3.20. The lowest BCUT2D eigenvalue weighted by Gasteiger charge is -2.34. The minimum Gasteiger partial charge on any atom is -0.497 e. The molecule has 1 amide bonds. The van der Waals surface area contributed by atoms with Gasteiger partial charge >= 0.3 is 0 Å². The number of nitrogens with one attached hydrogen (secondary N) is 1. The monoisotopic (exact) mass is 543 g/mol. The summed E-state index contributed by atoms with van der Waals surface area (Å²) in [6.45, 7) is 5.23. The molecular weight excluding hydrogens is 506 g/mol. The predicted molar refractivity (Wildman–Crippen MR) is 152 cm³/mol. The lowest BCUT2D eigenvalue weighted by atomic mass is 10.0. The van der Waals surface area contributed by atoms with E-state index < -0.39 is 0 Å². The lowest BCUT2D eigenvalue weighted by molar-refractivity contribution is -0.122. The summed E-state index contributed by atoms with van der Waals surface area (Å²) in [5.41, 5.74) is 2.25. The van der Waals surface area contributed by atoms with Gasteiger partial charge in [0.1, 0.15) is 5.75 Å². The van der Waals surface area contributed by atoms with Gasteiger partial charge in [-0.1, -0.05) is 30.3 Å². The van der Waals surface area contributed by atoms with E-state index in [1.165, 1.54) is 10.9 Å². The van der Waals surface area contributed by atoms with Gasteiger partial charge in [-0.3, -0.25) is 14.6 Å². The molecule has 3 aromatic rings. The molecule has 0 saturated carbocycles. The van der Waals surface area contributed by atoms with Crippen LogP contribution in [-0.4, -0.2) is 83.4 Å². The molecule has 1 aliphatic heterocycles. The number of carbonyl (C=O) groups excluding carboxylic acids is 1. The zero-order valence-electron chi connectivity index (χ0n) is 22.6. The van der Waals surface area contributed by atoms with E-state index >= 15 is 0 Å². The van der Waals surface area contributed by atoms with Crippen molar-refractivity contribution in [2.24, 2.45) is 0 Å². The maximum atomic E-state index is 12.6. The van der Waals surface area contributed by atoms with Crippen LogP contribution in [0, 0.1) is 0 Å². The molecule has 3 aromatic carbocycles. The zero-order chi connectivity index (χ0) is 26.2. The summed E-state index contributed by atoms with van der Waals surface area (Å²) >= 11 is 0. The molecule has 1 N–H and O–H groups in total. The molecule has 0 bridgehead atoms. The van der Waals surface area contributed by atoms with Crippen LogP contribution < -0.4 is 24.3 Å². The van der Waals surface area contributed by atoms with Crippen molar-refractivity contribution in [3.8, 4) is 23.0 Å². The topological polar surface area (TPSA) is 72.5 Å². The molecule has 1 heterocycles. The number of nitrogens with zero attached hydrogens (tertiary/aromatic N) is 2. The first-order valence-electron chi connectivity index (χ1n) is 12.6. The summed E-state index contributed by atoms with van der Waals surface area (Å²) in [6.07, 6.45) is 0.791. The number of hydrogen-bond acceptors (Lipinski definition) is 7. The fourth-order valence-corrected chi connectivity index (χ4v) is 4.80. The molecule has 0 spiro atoms. The summed E-state index contributed by atoms with van der Waals surface area (Å²) < 4.78 is 21.9. The van der Waals surface area contributed by atoms with Crippen LogP contribution in [0.3, 0.4) is 0 Å². The van der Waals surface area contributed by atoms with Gasteiger partial charge in [-0.15, -0.1) is 12.4 Å². The van der Waals surface area contributed by atoms with Gasteiger partial charge < -0.3 is 24.3 Å². The van der Waals surface area contributed by atoms with Crippen molar-refractivity contribution in [1.82, 2.24) is 15.1 Å². The third-order valence-corrected chi connectivity index (χ3v) is 6.86. The van der Waals surface area contributed by atoms with E-state index in [2.05, 4.69) is 39.4 Å². The van der Waals surface area contributed by atoms with Crippen molar-refractivity contribution in [2.75, 3.05) is 67.7 Å². The first-order valence-corrected chi connectivity index (χ1v) is 12.6. The summed E-state index contributed by atoms with van der Waals surface area (Å²) in [5.74, 6) is 2.88. The number of halogens is 1. The Morgan fingerprint density at radius 2 is 1.50 bits per heavy atom. The van der Waals surface area contributed by atoms with E-state index in [4.69, 9.17) is 18.9 Å². The van der Waals surface area contributed by atoms with Crippen LogP contribution in [-0.2, 0) is 17.8 Å². The van der Waals surface area contributed by atoms with E-state index in [1.54, 1.807) is 28.4 Å². The minimum absolute atomic E-state index is 0. The van der Waals surface area contributed by atoms with Gasteiger partial charge in [0.05, 0.1) is 35.0 Å². The molecule has 1 fully saturated rings. The van der Waals surface area contributed by atoms with E-state index in [9.17, 15) is 4.79 Å². The molecule has 8 nitrogen and oxygen atoms in total. The molecule has 206 valence electrons. The van der Waals surface area contributed by atoms with E-state index in [-0.39, 0.29) is 18.3 Å². The van der Waals surface area contributed by atoms with Crippen LogP contribution in [0.5, 0.6) is 23.0 Å². The van der Waals surface area contributed by atoms with Gasteiger partial charge in [0, 0.05) is 44.8 Å². The molecule has 0 aliphatic carbocycles. The third-order valence-electron chi connectivity index (χ3n) is 6.86. The Balaban J connectivity index is 0.00000400. The van der Waals surface area contributed by atoms with Gasteiger partial charge in [0.2, 0.25) is 11.7 Å². The molecular formula is C29H38ClN3O5. The van der Waals surface area contributed by atoms with Crippen LogP contribution in [0.2, 0.25) is 0 Å². The quantitative estimate of drug-likeness (QED) is 0.395. The van der Waals surface area contributed by atoms with Crippen LogP contribution in [0.25, 0.3) is 10.8 Å². The summed E-state index contributed by atoms with van der Waals surface area (Å²) in [7, 11) is 6.56. The van der Waals surface area contributed by atoms with Gasteiger partial charge in [-0.25, -0.2) is 0 Å². The highest BCUT2D eigenvalue weighted by atomic mass is 35.5. The number of fused-ring (bicyclic) bond motifs is 1. The highest BCUT2D eigenvalue weighted by Crippen LogP contribution is 2.40. The Kier molecular flexibility index (Phi) is 10.9. The van der Waals surface area contributed by atoms with E-state index in [0.717, 1.165) is 55.8 Å². The van der Waals surface area contributed by atoms with Crippen LogP contribution in [0.4, 0.5) is 0 Å². The summed E-state index contributed by atoms with van der Waals surface area (Å²) in [4.78, 5) is 17.1. The van der Waals surface area contributed by atoms with Crippen molar-refractivity contribution >= 4 is 29.1 Å². The summed E-state index contributed by atoms with van der Waals surface area (Å²) in [5, 5.41) is 5.40. The molecule has 9 heteroatoms. The van der Waals surface area contributed by atoms with Crippen LogP contribution in [0.1, 0.15) is 11.1 Å². The number of amides is 1. The van der Waals surface area contributed by atoms with Gasteiger partial charge in [-0.05, 0) is 41.0 Å². The van der Waals surface area contributed by atoms with Crippen molar-refractivity contribution in [1.29, 1.82) is 0 Å². The maximum Gasteiger partial charge on any atom is 0.234 e. The van der Waals surface area contributed by atoms with Crippen LogP contribution >= 0.6 is 12.4 Å². The van der Waals surface area contributed by atoms with Crippen LogP contribution in [0.15, 0.2) is 48.5 Å². The second-order valence-electron chi connectivity index (χ2n) is 9.19. The number of ether oxygens (including phenoxy) is 4. The fourth-order valence-electron chi connectivity index (χ4n) is 4.80. The van der Waals surface area contributed by atoms with Crippen molar-refractivity contribution in [2.45, 2.75) is 13.0 Å². The second kappa shape index (κ2) is 14.1. The molecule has 38 heavy (non-hydrogen) atoms. The number of rotatable bonds is 11. The van der Waals surface area contributed by atoms with Gasteiger partial charge in [0.25, 0.3) is 0 Å².